The van der Waals surface area contributed by atoms with Gasteiger partial charge in [0.1, 0.15) is 0 Å². The molecule has 0 bridgehead atoms. The van der Waals surface area contributed by atoms with Gasteiger partial charge in [-0.05, 0) is 21.8 Å². The first-order valence-corrected chi connectivity index (χ1v) is 6.80. The van der Waals surface area contributed by atoms with E-state index in [1.807, 2.05) is 32.9 Å². The van der Waals surface area contributed by atoms with Gasteiger partial charge >= 0.3 is 0 Å². The lowest BCUT2D eigenvalue weighted by atomic mass is 9.78. The molecule has 0 fully saturated rings. The molecule has 0 aromatic heterocycles. The second kappa shape index (κ2) is 5.32. The molecule has 2 heteroatoms. The fourth-order valence-electron chi connectivity index (χ4n) is 2.49. The van der Waals surface area contributed by atoms with Gasteiger partial charge in [-0.2, -0.15) is 0 Å². The Labute approximate surface area is 115 Å². The summed E-state index contributed by atoms with van der Waals surface area (Å²) in [7, 11) is 0. The maximum absolute atomic E-state index is 10.5. The maximum Gasteiger partial charge on any atom is 0.0669 e. The normalized spacial score (nSPS) is 15.4. The molecule has 0 aliphatic carbocycles. The van der Waals surface area contributed by atoms with Gasteiger partial charge in [0.05, 0.1) is 6.10 Å². The molecule has 0 saturated carbocycles. The van der Waals surface area contributed by atoms with Crippen LogP contribution in [0.4, 0.5) is 0 Å². The van der Waals surface area contributed by atoms with Crippen LogP contribution in [0.15, 0.2) is 42.5 Å². The molecule has 3 N–H and O–H groups in total. The molecule has 0 unspecified atom stereocenters. The summed E-state index contributed by atoms with van der Waals surface area (Å²) in [6.45, 7) is 6.58. The smallest absolute Gasteiger partial charge is 0.0669 e. The van der Waals surface area contributed by atoms with E-state index in [9.17, 15) is 5.11 Å². The van der Waals surface area contributed by atoms with Gasteiger partial charge in [-0.1, -0.05) is 63.2 Å². The van der Waals surface area contributed by atoms with Gasteiger partial charge < -0.3 is 10.8 Å². The average Bonchev–Trinajstić information content (AvgIpc) is 2.38. The summed E-state index contributed by atoms with van der Waals surface area (Å²) in [6.07, 6.45) is -0.446. The van der Waals surface area contributed by atoms with Crippen molar-refractivity contribution in [3.05, 3.63) is 48.0 Å². The minimum absolute atomic E-state index is 0.0235. The molecule has 2 aromatic rings. The van der Waals surface area contributed by atoms with E-state index in [1.54, 1.807) is 0 Å². The van der Waals surface area contributed by atoms with Gasteiger partial charge in [0.2, 0.25) is 0 Å². The highest BCUT2D eigenvalue weighted by atomic mass is 16.3. The van der Waals surface area contributed by atoms with E-state index in [0.29, 0.717) is 6.54 Å². The summed E-state index contributed by atoms with van der Waals surface area (Å²) >= 11 is 0. The van der Waals surface area contributed by atoms with Gasteiger partial charge in [-0.25, -0.2) is 0 Å². The predicted octanol–water partition coefficient (Wildman–Crippen LogP) is 3.29. The Morgan fingerprint density at radius 2 is 1.68 bits per heavy atom. The second-order valence-corrected chi connectivity index (χ2v) is 6.26. The summed E-state index contributed by atoms with van der Waals surface area (Å²) in [5.74, 6) is -0.0235. The molecular formula is C17H23NO. The third kappa shape index (κ3) is 2.96. The van der Waals surface area contributed by atoms with Crippen molar-refractivity contribution in [3.63, 3.8) is 0 Å². The summed E-state index contributed by atoms with van der Waals surface area (Å²) in [6, 6.07) is 14.6. The minimum atomic E-state index is -0.446. The fourth-order valence-corrected chi connectivity index (χ4v) is 2.49. The van der Waals surface area contributed by atoms with Crippen LogP contribution in [0.25, 0.3) is 10.8 Å². The summed E-state index contributed by atoms with van der Waals surface area (Å²) < 4.78 is 0. The summed E-state index contributed by atoms with van der Waals surface area (Å²) in [5.41, 5.74) is 6.83. The Morgan fingerprint density at radius 3 is 2.26 bits per heavy atom. The van der Waals surface area contributed by atoms with E-state index in [4.69, 9.17) is 5.73 Å². The molecule has 2 atom stereocenters. The SMILES string of the molecule is CC(C)(C)[C@@H](O)[C@H](CN)c1ccc2ccccc2c1. The van der Waals surface area contributed by atoms with Crippen LogP contribution in [0, 0.1) is 5.41 Å². The molecule has 2 rings (SSSR count). The Balaban J connectivity index is 2.41. The van der Waals surface area contributed by atoms with Crippen molar-refractivity contribution in [2.45, 2.75) is 32.8 Å². The van der Waals surface area contributed by atoms with E-state index >= 15 is 0 Å². The van der Waals surface area contributed by atoms with Crippen LogP contribution >= 0.6 is 0 Å². The number of aliphatic hydroxyl groups is 1. The van der Waals surface area contributed by atoms with Crippen LogP contribution in [0.3, 0.4) is 0 Å². The lowest BCUT2D eigenvalue weighted by Crippen LogP contribution is -2.36. The van der Waals surface area contributed by atoms with Crippen LogP contribution in [0.2, 0.25) is 0 Å². The third-order valence-corrected chi connectivity index (χ3v) is 3.72. The quantitative estimate of drug-likeness (QED) is 0.886. The highest BCUT2D eigenvalue weighted by Gasteiger charge is 2.30. The van der Waals surface area contributed by atoms with Crippen molar-refractivity contribution < 1.29 is 5.11 Å². The Morgan fingerprint density at radius 1 is 1.05 bits per heavy atom. The molecular weight excluding hydrogens is 234 g/mol. The molecule has 0 aliphatic rings. The van der Waals surface area contributed by atoms with E-state index in [0.717, 1.165) is 5.56 Å². The largest absolute Gasteiger partial charge is 0.392 e. The summed E-state index contributed by atoms with van der Waals surface area (Å²) in [4.78, 5) is 0. The van der Waals surface area contributed by atoms with Crippen molar-refractivity contribution in [2.75, 3.05) is 6.54 Å². The molecule has 0 amide bonds. The van der Waals surface area contributed by atoms with Gasteiger partial charge in [0.25, 0.3) is 0 Å². The number of aliphatic hydroxyl groups excluding tert-OH is 1. The first-order chi connectivity index (χ1) is 8.93. The van der Waals surface area contributed by atoms with E-state index in [2.05, 4.69) is 30.3 Å². The standard InChI is InChI=1S/C17H23NO/c1-17(2,3)16(19)15(11-18)14-9-8-12-6-4-5-7-13(12)10-14/h4-10,15-16,19H,11,18H2,1-3H3/t15-,16+/m1/s1. The second-order valence-electron chi connectivity index (χ2n) is 6.26. The zero-order valence-electron chi connectivity index (χ0n) is 11.9. The Hall–Kier alpha value is -1.38. The maximum atomic E-state index is 10.5. The van der Waals surface area contributed by atoms with Crippen LogP contribution in [-0.2, 0) is 0 Å². The van der Waals surface area contributed by atoms with Crippen molar-refractivity contribution >= 4 is 10.8 Å². The van der Waals surface area contributed by atoms with E-state index < -0.39 is 6.10 Å². The molecule has 0 aliphatic heterocycles. The van der Waals surface area contributed by atoms with Crippen molar-refractivity contribution in [2.24, 2.45) is 11.1 Å². The topological polar surface area (TPSA) is 46.2 Å². The molecule has 102 valence electrons. The molecule has 2 nitrogen and oxygen atoms in total. The molecule has 19 heavy (non-hydrogen) atoms. The van der Waals surface area contributed by atoms with Gasteiger partial charge in [0, 0.05) is 12.5 Å². The van der Waals surface area contributed by atoms with Crippen molar-refractivity contribution in [3.8, 4) is 0 Å². The lowest BCUT2D eigenvalue weighted by Gasteiger charge is -2.32. The average molecular weight is 257 g/mol. The number of hydrogen-bond acceptors (Lipinski definition) is 2. The van der Waals surface area contributed by atoms with Crippen molar-refractivity contribution in [1.29, 1.82) is 0 Å². The highest BCUT2D eigenvalue weighted by molar-refractivity contribution is 5.83. The minimum Gasteiger partial charge on any atom is -0.392 e. The fraction of sp³-hybridized carbons (Fsp3) is 0.412. The van der Waals surface area contributed by atoms with Crippen molar-refractivity contribution in [1.82, 2.24) is 0 Å². The van der Waals surface area contributed by atoms with Gasteiger partial charge in [0.15, 0.2) is 0 Å². The van der Waals surface area contributed by atoms with E-state index in [-0.39, 0.29) is 11.3 Å². The molecule has 0 heterocycles. The lowest BCUT2D eigenvalue weighted by molar-refractivity contribution is 0.0408. The van der Waals surface area contributed by atoms with Crippen LogP contribution < -0.4 is 5.73 Å². The zero-order valence-corrected chi connectivity index (χ0v) is 11.9. The zero-order chi connectivity index (χ0) is 14.0. The summed E-state index contributed by atoms with van der Waals surface area (Å²) in [5, 5.41) is 12.9. The molecule has 2 aromatic carbocycles. The highest BCUT2D eigenvalue weighted by Crippen LogP contribution is 2.32. The molecule has 0 radical (unpaired) electrons. The molecule has 0 saturated heterocycles. The van der Waals surface area contributed by atoms with Crippen LogP contribution in [-0.4, -0.2) is 17.8 Å². The van der Waals surface area contributed by atoms with Crippen LogP contribution in [0.5, 0.6) is 0 Å². The van der Waals surface area contributed by atoms with Gasteiger partial charge in [-0.3, -0.25) is 0 Å². The number of hydrogen-bond donors (Lipinski definition) is 2. The number of rotatable bonds is 3. The monoisotopic (exact) mass is 257 g/mol. The first kappa shape index (κ1) is 14.0. The predicted molar refractivity (Wildman–Crippen MR) is 81.2 cm³/mol. The number of fused-ring (bicyclic) bond motifs is 1. The Kier molecular flexibility index (Phi) is 3.93. The first-order valence-electron chi connectivity index (χ1n) is 6.80. The number of benzene rings is 2. The van der Waals surface area contributed by atoms with Crippen LogP contribution in [0.1, 0.15) is 32.3 Å². The third-order valence-electron chi connectivity index (χ3n) is 3.72. The van der Waals surface area contributed by atoms with E-state index in [1.165, 1.54) is 10.8 Å². The molecule has 0 spiro atoms. The number of nitrogens with two attached hydrogens (primary N) is 1. The van der Waals surface area contributed by atoms with Gasteiger partial charge in [-0.15, -0.1) is 0 Å². The Bertz CT molecular complexity index is 556.